The number of benzene rings is 1. The summed E-state index contributed by atoms with van der Waals surface area (Å²) in [7, 11) is 0. The fourth-order valence-electron chi connectivity index (χ4n) is 2.75. The summed E-state index contributed by atoms with van der Waals surface area (Å²) in [5.74, 6) is -0.145. The van der Waals surface area contributed by atoms with Gasteiger partial charge in [-0.2, -0.15) is 5.10 Å². The molecule has 0 saturated carbocycles. The van der Waals surface area contributed by atoms with Gasteiger partial charge in [-0.3, -0.25) is 9.48 Å². The number of aryl methyl sites for hydroxylation is 2. The second-order valence-corrected chi connectivity index (χ2v) is 7.79. The van der Waals surface area contributed by atoms with Crippen molar-refractivity contribution in [1.29, 1.82) is 0 Å². The van der Waals surface area contributed by atoms with Gasteiger partial charge in [-0.05, 0) is 31.6 Å². The van der Waals surface area contributed by atoms with Crippen LogP contribution >= 0.6 is 22.9 Å². The highest BCUT2D eigenvalue weighted by atomic mass is 35.5. The molecule has 0 unspecified atom stereocenters. The lowest BCUT2D eigenvalue weighted by molar-refractivity contribution is -0.116. The number of nitrogens with zero attached hydrogens (tertiary/aromatic N) is 3. The van der Waals surface area contributed by atoms with E-state index in [9.17, 15) is 4.79 Å². The van der Waals surface area contributed by atoms with E-state index < -0.39 is 0 Å². The van der Waals surface area contributed by atoms with Gasteiger partial charge >= 0.3 is 0 Å². The largest absolute Gasteiger partial charge is 0.352 e. The van der Waals surface area contributed by atoms with Crippen molar-refractivity contribution in [3.8, 4) is 0 Å². The number of halogens is 1. The molecular weight excluding hydrogens is 380 g/mol. The average molecular weight is 403 g/mol. The van der Waals surface area contributed by atoms with E-state index in [1.807, 2.05) is 25.1 Å². The lowest BCUT2D eigenvalue weighted by Crippen LogP contribution is -2.23. The predicted octanol–water partition coefficient (Wildman–Crippen LogP) is 4.63. The van der Waals surface area contributed by atoms with Gasteiger partial charge in [0.2, 0.25) is 5.91 Å². The zero-order valence-electron chi connectivity index (χ0n) is 15.5. The molecule has 2 aromatic heterocycles. The van der Waals surface area contributed by atoms with E-state index in [2.05, 4.69) is 28.4 Å². The zero-order chi connectivity index (χ0) is 19.2. The molecule has 0 atom stereocenters. The number of para-hydroxylation sites is 1. The Labute approximate surface area is 168 Å². The molecule has 7 heteroatoms. The maximum atomic E-state index is 12.1. The molecule has 27 heavy (non-hydrogen) atoms. The normalized spacial score (nSPS) is 11.5. The first-order chi connectivity index (χ1) is 13.1. The van der Waals surface area contributed by atoms with Crippen molar-refractivity contribution < 1.29 is 4.79 Å². The average Bonchev–Trinajstić information content (AvgIpc) is 3.18. The lowest BCUT2D eigenvalue weighted by atomic mass is 10.2. The van der Waals surface area contributed by atoms with E-state index in [0.717, 1.165) is 41.2 Å². The van der Waals surface area contributed by atoms with Crippen molar-refractivity contribution in [1.82, 2.24) is 20.1 Å². The van der Waals surface area contributed by atoms with Crippen LogP contribution in [0.25, 0.3) is 16.3 Å². The standard InChI is InChI=1S/C20H23ClN4OS/c1-3-4-13-25-20(21)15(14(2)24-25)9-10-18(26)22-12-11-19-23-16-7-5-6-8-17(16)27-19/h5-10H,3-4,11-13H2,1-2H3,(H,22,26)/b10-9+. The van der Waals surface area contributed by atoms with Gasteiger partial charge in [0.15, 0.2) is 0 Å². The van der Waals surface area contributed by atoms with Crippen molar-refractivity contribution >= 4 is 45.1 Å². The number of aromatic nitrogens is 3. The number of amides is 1. The number of hydrogen-bond acceptors (Lipinski definition) is 4. The van der Waals surface area contributed by atoms with Crippen LogP contribution in [0.2, 0.25) is 5.15 Å². The maximum absolute atomic E-state index is 12.1. The quantitative estimate of drug-likeness (QED) is 0.559. The number of rotatable bonds is 8. The Hall–Kier alpha value is -2.18. The molecule has 0 aliphatic heterocycles. The third kappa shape index (κ3) is 4.96. The van der Waals surface area contributed by atoms with Crippen LogP contribution < -0.4 is 5.32 Å². The van der Waals surface area contributed by atoms with Crippen molar-refractivity contribution in [2.75, 3.05) is 6.54 Å². The fourth-order valence-corrected chi connectivity index (χ4v) is 4.04. The van der Waals surface area contributed by atoms with Gasteiger partial charge < -0.3 is 5.32 Å². The summed E-state index contributed by atoms with van der Waals surface area (Å²) in [6.07, 6.45) is 6.07. The Kier molecular flexibility index (Phi) is 6.63. The molecule has 0 aliphatic carbocycles. The van der Waals surface area contributed by atoms with E-state index in [4.69, 9.17) is 11.6 Å². The third-order valence-corrected chi connectivity index (χ3v) is 5.71. The Bertz CT molecular complexity index is 927. The Morgan fingerprint density at radius 2 is 2.19 bits per heavy atom. The highest BCUT2D eigenvalue weighted by Crippen LogP contribution is 2.22. The smallest absolute Gasteiger partial charge is 0.244 e. The monoisotopic (exact) mass is 402 g/mol. The number of carbonyl (C=O) groups excluding carboxylic acids is 1. The van der Waals surface area contributed by atoms with E-state index in [0.29, 0.717) is 18.1 Å². The van der Waals surface area contributed by atoms with E-state index in [-0.39, 0.29) is 5.91 Å². The first kappa shape index (κ1) is 19.6. The minimum atomic E-state index is -0.145. The maximum Gasteiger partial charge on any atom is 0.244 e. The predicted molar refractivity (Wildman–Crippen MR) is 112 cm³/mol. The Morgan fingerprint density at radius 3 is 2.96 bits per heavy atom. The number of nitrogens with one attached hydrogen (secondary N) is 1. The molecule has 1 aromatic carbocycles. The van der Waals surface area contributed by atoms with Gasteiger partial charge in [0, 0.05) is 31.1 Å². The molecule has 0 saturated heterocycles. The molecule has 1 N–H and O–H groups in total. The van der Waals surface area contributed by atoms with Crippen LogP contribution in [0.15, 0.2) is 30.3 Å². The van der Waals surface area contributed by atoms with Crippen LogP contribution in [0.1, 0.15) is 36.0 Å². The molecule has 1 amide bonds. The summed E-state index contributed by atoms with van der Waals surface area (Å²) in [6.45, 7) is 5.37. The molecule has 5 nitrogen and oxygen atoms in total. The van der Waals surface area contributed by atoms with Gasteiger partial charge in [-0.15, -0.1) is 11.3 Å². The number of thiazole rings is 1. The zero-order valence-corrected chi connectivity index (χ0v) is 17.1. The number of carbonyl (C=O) groups is 1. The van der Waals surface area contributed by atoms with Crippen molar-refractivity contribution in [2.24, 2.45) is 0 Å². The molecular formula is C20H23ClN4OS. The fraction of sp³-hybridized carbons (Fsp3) is 0.350. The van der Waals surface area contributed by atoms with Crippen molar-refractivity contribution in [3.63, 3.8) is 0 Å². The van der Waals surface area contributed by atoms with E-state index in [1.54, 1.807) is 22.1 Å². The van der Waals surface area contributed by atoms with Crippen LogP contribution in [0.3, 0.4) is 0 Å². The van der Waals surface area contributed by atoms with Crippen molar-refractivity contribution in [3.05, 3.63) is 51.8 Å². The number of fused-ring (bicyclic) bond motifs is 1. The Balaban J connectivity index is 1.53. The second kappa shape index (κ2) is 9.15. The summed E-state index contributed by atoms with van der Waals surface area (Å²) in [5, 5.41) is 8.95. The first-order valence-electron chi connectivity index (χ1n) is 9.11. The van der Waals surface area contributed by atoms with E-state index in [1.165, 1.54) is 10.8 Å². The topological polar surface area (TPSA) is 59.8 Å². The van der Waals surface area contributed by atoms with Gasteiger partial charge in [-0.25, -0.2) is 4.98 Å². The summed E-state index contributed by atoms with van der Waals surface area (Å²) in [4.78, 5) is 16.7. The molecule has 3 aromatic rings. The SMILES string of the molecule is CCCCn1nc(C)c(/C=C/C(=O)NCCc2nc3ccccc3s2)c1Cl. The second-order valence-electron chi connectivity index (χ2n) is 6.32. The summed E-state index contributed by atoms with van der Waals surface area (Å²) in [5.41, 5.74) is 2.64. The van der Waals surface area contributed by atoms with Gasteiger partial charge in [0.1, 0.15) is 5.15 Å². The first-order valence-corrected chi connectivity index (χ1v) is 10.3. The Morgan fingerprint density at radius 1 is 1.37 bits per heavy atom. The minimum absolute atomic E-state index is 0.145. The molecule has 3 rings (SSSR count). The van der Waals surface area contributed by atoms with Crippen molar-refractivity contribution in [2.45, 2.75) is 39.7 Å². The van der Waals surface area contributed by atoms with Gasteiger partial charge in [-0.1, -0.05) is 37.1 Å². The number of unbranched alkanes of at least 4 members (excludes halogenated alkanes) is 1. The van der Waals surface area contributed by atoms with Crippen LogP contribution in [0, 0.1) is 6.92 Å². The molecule has 142 valence electrons. The van der Waals surface area contributed by atoms with Crippen LogP contribution in [0.5, 0.6) is 0 Å². The summed E-state index contributed by atoms with van der Waals surface area (Å²) in [6, 6.07) is 8.05. The molecule has 0 bridgehead atoms. The highest BCUT2D eigenvalue weighted by molar-refractivity contribution is 7.18. The highest BCUT2D eigenvalue weighted by Gasteiger charge is 2.11. The van der Waals surface area contributed by atoms with E-state index >= 15 is 0 Å². The van der Waals surface area contributed by atoms with Gasteiger partial charge in [0.25, 0.3) is 0 Å². The summed E-state index contributed by atoms with van der Waals surface area (Å²) >= 11 is 8.05. The molecule has 2 heterocycles. The van der Waals surface area contributed by atoms with Gasteiger partial charge in [0.05, 0.1) is 20.9 Å². The molecule has 0 fully saturated rings. The van der Waals surface area contributed by atoms with Crippen LogP contribution in [-0.4, -0.2) is 27.2 Å². The third-order valence-electron chi connectivity index (χ3n) is 4.21. The van der Waals surface area contributed by atoms with Crippen LogP contribution in [-0.2, 0) is 17.8 Å². The summed E-state index contributed by atoms with van der Waals surface area (Å²) < 4.78 is 2.97. The lowest BCUT2D eigenvalue weighted by Gasteiger charge is -2.01. The van der Waals surface area contributed by atoms with Crippen LogP contribution in [0.4, 0.5) is 0 Å². The molecule has 0 aliphatic rings. The minimum Gasteiger partial charge on any atom is -0.352 e. The number of hydrogen-bond donors (Lipinski definition) is 1. The molecule has 0 spiro atoms. The molecule has 0 radical (unpaired) electrons.